The molecule has 2 saturated heterocycles. The molecule has 2 aromatic rings. The Labute approximate surface area is 211 Å². The third-order valence-corrected chi connectivity index (χ3v) is 10.3. The normalized spacial score (nSPS) is 19.7. The number of likely N-dealkylation sites (tertiary alicyclic amines) is 1. The minimum absolute atomic E-state index is 0. The number of carbonyl (C=O) groups is 3. The number of halogens is 1. The largest absolute Gasteiger partial charge is 1.00 e. The summed E-state index contributed by atoms with van der Waals surface area (Å²) < 4.78 is 24.6. The fourth-order valence-electron chi connectivity index (χ4n) is 4.96. The molecule has 35 heavy (non-hydrogen) atoms. The number of nitrogens with zero attached hydrogens (tertiary/aromatic N) is 1. The third kappa shape index (κ3) is 5.15. The molecule has 0 saturated carbocycles. The number of nitrogens with two attached hydrogens (primary N) is 1. The van der Waals surface area contributed by atoms with Crippen LogP contribution in [0.5, 0.6) is 0 Å². The molecule has 0 aliphatic carbocycles. The van der Waals surface area contributed by atoms with Gasteiger partial charge in [-0.1, -0.05) is 24.3 Å². The van der Waals surface area contributed by atoms with E-state index < -0.39 is 24.9 Å². The Morgan fingerprint density at radius 3 is 1.80 bits per heavy atom. The van der Waals surface area contributed by atoms with Crippen molar-refractivity contribution in [2.75, 3.05) is 27.3 Å². The van der Waals surface area contributed by atoms with E-state index in [1.54, 1.807) is 53.4 Å². The van der Waals surface area contributed by atoms with E-state index in [2.05, 4.69) is 5.32 Å². The fourth-order valence-corrected chi connectivity index (χ4v) is 8.30. The third-order valence-electron chi connectivity index (χ3n) is 6.76. The van der Waals surface area contributed by atoms with Crippen molar-refractivity contribution < 1.29 is 46.1 Å². The van der Waals surface area contributed by atoms with E-state index in [9.17, 15) is 14.4 Å². The van der Waals surface area contributed by atoms with Crippen LogP contribution in [0.25, 0.3) is 0 Å². The molecule has 0 aromatic heterocycles. The first-order valence-electron chi connectivity index (χ1n) is 11.5. The lowest BCUT2D eigenvalue weighted by Gasteiger charge is -2.33. The van der Waals surface area contributed by atoms with Gasteiger partial charge in [-0.05, 0) is 37.1 Å². The molecule has 8 nitrogen and oxygen atoms in total. The molecule has 0 spiro atoms. The van der Waals surface area contributed by atoms with Gasteiger partial charge < -0.3 is 36.7 Å². The first-order chi connectivity index (χ1) is 16.4. The molecule has 2 atom stereocenters. The number of quaternary nitrogens is 1. The molecule has 2 N–H and O–H groups in total. The zero-order valence-corrected chi connectivity index (χ0v) is 21.5. The van der Waals surface area contributed by atoms with Crippen molar-refractivity contribution in [3.05, 3.63) is 59.7 Å². The number of amides is 1. The van der Waals surface area contributed by atoms with Crippen LogP contribution < -0.4 is 28.3 Å². The van der Waals surface area contributed by atoms with Gasteiger partial charge in [-0.2, -0.15) is 0 Å². The standard InChI is InChI=1S/C25H29N2O6P.ClH/c1-32-24(29)17-7-11-19(12-8-17)34(31,20-13-9-18(10-14-20)25(30)33-2)22-6-4-16-27(22)23(28)21-5-3-15-26-21;/h7-14,21-22,26H,3-6,15-16H2,1-2H3;1H/t21-,22?;/m0./s1. The molecule has 4 rings (SSSR count). The second-order valence-electron chi connectivity index (χ2n) is 8.66. The van der Waals surface area contributed by atoms with E-state index >= 15 is 4.57 Å². The highest BCUT2D eigenvalue weighted by Crippen LogP contribution is 2.53. The van der Waals surface area contributed by atoms with Crippen LogP contribution in [0, 0.1) is 0 Å². The van der Waals surface area contributed by atoms with Crippen molar-refractivity contribution in [3.8, 4) is 0 Å². The predicted molar refractivity (Wildman–Crippen MR) is 127 cm³/mol. The Morgan fingerprint density at radius 2 is 1.37 bits per heavy atom. The van der Waals surface area contributed by atoms with Crippen LogP contribution in [0.3, 0.4) is 0 Å². The number of esters is 2. The summed E-state index contributed by atoms with van der Waals surface area (Å²) in [5, 5.41) is 3.19. The molecule has 188 valence electrons. The average Bonchev–Trinajstić information content (AvgIpc) is 3.60. The Bertz CT molecular complexity index is 1050. The summed E-state index contributed by atoms with van der Waals surface area (Å²) in [7, 11) is -0.729. The molecular weight excluding hydrogens is 491 g/mol. The summed E-state index contributed by atoms with van der Waals surface area (Å²) >= 11 is 0. The van der Waals surface area contributed by atoms with Crippen LogP contribution in [0.1, 0.15) is 46.4 Å². The second-order valence-corrected chi connectivity index (χ2v) is 11.6. The van der Waals surface area contributed by atoms with Gasteiger partial charge in [0.2, 0.25) is 0 Å². The van der Waals surface area contributed by atoms with Crippen LogP contribution in [0.15, 0.2) is 48.5 Å². The molecule has 2 aromatic carbocycles. The van der Waals surface area contributed by atoms with Crippen LogP contribution in [-0.2, 0) is 18.8 Å². The number of hydrogen-bond acceptors (Lipinski definition) is 6. The SMILES string of the molecule is COC(=O)c1ccc(P(=O)(c2ccc(C(=O)OC)cc2)C2CCCN2C(=O)[C@@H]2CCC[NH2+]2)cc1.[Cl-]. The van der Waals surface area contributed by atoms with Crippen molar-refractivity contribution in [1.82, 2.24) is 4.90 Å². The highest BCUT2D eigenvalue weighted by atomic mass is 35.5. The minimum atomic E-state index is -3.35. The van der Waals surface area contributed by atoms with Gasteiger partial charge in [0, 0.05) is 30.0 Å². The molecule has 1 unspecified atom stereocenters. The first kappa shape index (κ1) is 26.9. The number of rotatable bonds is 6. The van der Waals surface area contributed by atoms with Gasteiger partial charge in [0.05, 0.1) is 37.7 Å². The molecule has 0 bridgehead atoms. The molecule has 10 heteroatoms. The molecule has 0 radical (unpaired) electrons. The summed E-state index contributed by atoms with van der Waals surface area (Å²) in [4.78, 5) is 39.0. The van der Waals surface area contributed by atoms with Crippen LogP contribution in [-0.4, -0.2) is 61.9 Å². The van der Waals surface area contributed by atoms with E-state index in [1.165, 1.54) is 14.2 Å². The monoisotopic (exact) mass is 520 g/mol. The van der Waals surface area contributed by atoms with Gasteiger partial charge in [-0.15, -0.1) is 0 Å². The maximum atomic E-state index is 15.0. The van der Waals surface area contributed by atoms with E-state index in [-0.39, 0.29) is 24.4 Å². The van der Waals surface area contributed by atoms with Gasteiger partial charge in [0.25, 0.3) is 5.91 Å². The van der Waals surface area contributed by atoms with Crippen molar-refractivity contribution in [2.45, 2.75) is 37.5 Å². The van der Waals surface area contributed by atoms with Gasteiger partial charge in [-0.25, -0.2) is 9.59 Å². The lowest BCUT2D eigenvalue weighted by atomic mass is 10.2. The number of methoxy groups -OCH3 is 2. The number of carbonyl (C=O) groups excluding carboxylic acids is 3. The Balaban J connectivity index is 0.00000342. The summed E-state index contributed by atoms with van der Waals surface area (Å²) in [6.45, 7) is 1.49. The number of ether oxygens (including phenoxy) is 2. The maximum absolute atomic E-state index is 15.0. The summed E-state index contributed by atoms with van der Waals surface area (Å²) in [6, 6.07) is 13.0. The molecular formula is C25H30ClN2O6P. The lowest BCUT2D eigenvalue weighted by Crippen LogP contribution is -3.00. The zero-order chi connectivity index (χ0) is 24.3. The summed E-state index contributed by atoms with van der Waals surface area (Å²) in [6.07, 6.45) is 3.21. The van der Waals surface area contributed by atoms with E-state index in [0.29, 0.717) is 34.7 Å². The van der Waals surface area contributed by atoms with Crippen molar-refractivity contribution in [2.24, 2.45) is 0 Å². The Hall–Kier alpha value is -2.67. The van der Waals surface area contributed by atoms with Crippen LogP contribution in [0.4, 0.5) is 0 Å². The van der Waals surface area contributed by atoms with Gasteiger partial charge in [0.15, 0.2) is 13.2 Å². The molecule has 2 fully saturated rings. The van der Waals surface area contributed by atoms with Crippen LogP contribution >= 0.6 is 7.14 Å². The Kier molecular flexibility index (Phi) is 8.75. The van der Waals surface area contributed by atoms with Crippen molar-refractivity contribution >= 4 is 35.6 Å². The van der Waals surface area contributed by atoms with Gasteiger partial charge in [0.1, 0.15) is 0 Å². The predicted octanol–water partition coefficient (Wildman–Crippen LogP) is -1.75. The highest BCUT2D eigenvalue weighted by molar-refractivity contribution is 7.79. The molecule has 2 heterocycles. The topological polar surface area (TPSA) is 107 Å². The van der Waals surface area contributed by atoms with Gasteiger partial charge in [-0.3, -0.25) is 4.79 Å². The van der Waals surface area contributed by atoms with Crippen molar-refractivity contribution in [1.29, 1.82) is 0 Å². The zero-order valence-electron chi connectivity index (χ0n) is 19.8. The minimum Gasteiger partial charge on any atom is -1.00 e. The fraction of sp³-hybridized carbons (Fsp3) is 0.400. The molecule has 2 aliphatic heterocycles. The number of benzene rings is 2. The van der Waals surface area contributed by atoms with E-state index in [1.807, 2.05) is 0 Å². The Morgan fingerprint density at radius 1 is 0.857 bits per heavy atom. The quantitative estimate of drug-likeness (QED) is 0.358. The summed E-state index contributed by atoms with van der Waals surface area (Å²) in [5.41, 5.74) is 0.720. The van der Waals surface area contributed by atoms with Crippen molar-refractivity contribution in [3.63, 3.8) is 0 Å². The first-order valence-corrected chi connectivity index (χ1v) is 13.3. The highest BCUT2D eigenvalue weighted by Gasteiger charge is 2.47. The smallest absolute Gasteiger partial charge is 0.337 e. The van der Waals surface area contributed by atoms with Crippen LogP contribution in [0.2, 0.25) is 0 Å². The number of hydrogen-bond donors (Lipinski definition) is 1. The summed E-state index contributed by atoms with van der Waals surface area (Å²) in [5.74, 6) is -1.39. The maximum Gasteiger partial charge on any atom is 0.337 e. The van der Waals surface area contributed by atoms with E-state index in [4.69, 9.17) is 9.47 Å². The molecule has 2 aliphatic rings. The molecule has 1 amide bonds. The van der Waals surface area contributed by atoms with Gasteiger partial charge >= 0.3 is 11.9 Å². The second kappa shape index (κ2) is 11.4. The lowest BCUT2D eigenvalue weighted by molar-refractivity contribution is -0.658. The van der Waals surface area contributed by atoms with E-state index in [0.717, 1.165) is 25.8 Å². The average molecular weight is 521 g/mol.